The summed E-state index contributed by atoms with van der Waals surface area (Å²) in [5.74, 6) is 0.535. The Hall–Kier alpha value is -1.68. The van der Waals surface area contributed by atoms with Crippen LogP contribution in [0.15, 0.2) is 30.5 Å². The summed E-state index contributed by atoms with van der Waals surface area (Å²) in [5.41, 5.74) is 8.64. The summed E-state index contributed by atoms with van der Waals surface area (Å²) in [6.45, 7) is 8.20. The summed E-state index contributed by atoms with van der Waals surface area (Å²) < 4.78 is 1.76. The fraction of sp³-hybridized carbons (Fsp3) is 0.429. The zero-order valence-corrected chi connectivity index (χ0v) is 11.4. The Labute approximate surface area is 108 Å². The van der Waals surface area contributed by atoms with Crippen LogP contribution in [-0.4, -0.2) is 15.0 Å². The van der Waals surface area contributed by atoms with Crippen molar-refractivity contribution in [3.05, 3.63) is 41.7 Å². The Bertz CT molecular complexity index is 517. The first-order valence-electron chi connectivity index (χ1n) is 6.20. The Morgan fingerprint density at radius 1 is 1.17 bits per heavy atom. The average Bonchev–Trinajstić information content (AvgIpc) is 2.78. The molecule has 0 unspecified atom stereocenters. The van der Waals surface area contributed by atoms with Crippen molar-refractivity contribution in [3.8, 4) is 5.69 Å². The Balaban J connectivity index is 2.29. The minimum absolute atomic E-state index is 0.462. The summed E-state index contributed by atoms with van der Waals surface area (Å²) in [6.07, 6.45) is 1.88. The Morgan fingerprint density at radius 3 is 2.22 bits per heavy atom. The molecule has 2 N–H and O–H groups in total. The Kier molecular flexibility index (Phi) is 3.22. The van der Waals surface area contributed by atoms with Crippen molar-refractivity contribution in [1.29, 1.82) is 0 Å². The lowest BCUT2D eigenvalue weighted by Crippen LogP contribution is -2.29. The second-order valence-electron chi connectivity index (χ2n) is 5.52. The molecule has 1 heterocycles. The van der Waals surface area contributed by atoms with Crippen molar-refractivity contribution in [2.24, 2.45) is 5.73 Å². The first-order chi connectivity index (χ1) is 8.38. The molecule has 0 aliphatic heterocycles. The molecule has 0 amide bonds. The Morgan fingerprint density at radius 2 is 1.78 bits per heavy atom. The van der Waals surface area contributed by atoms with Crippen LogP contribution in [0.25, 0.3) is 5.69 Å². The number of hydrogen-bond acceptors (Lipinski definition) is 3. The van der Waals surface area contributed by atoms with E-state index >= 15 is 0 Å². The molecule has 0 fully saturated rings. The highest BCUT2D eigenvalue weighted by Crippen LogP contribution is 2.18. The molecule has 0 saturated carbocycles. The number of aromatic nitrogens is 3. The highest BCUT2D eigenvalue weighted by Gasteiger charge is 2.18. The van der Waals surface area contributed by atoms with Crippen LogP contribution in [0.2, 0.25) is 0 Å². The lowest BCUT2D eigenvalue weighted by molar-refractivity contribution is 0.533. The van der Waals surface area contributed by atoms with Crippen LogP contribution in [0.1, 0.15) is 44.9 Å². The summed E-state index contributed by atoms with van der Waals surface area (Å²) in [5, 5.41) is 8.22. The first kappa shape index (κ1) is 12.8. The standard InChI is InChI=1S/C14H20N4/c1-10(2)11-5-7-12(8-6-11)18-9-13(16-17-18)14(3,4)15/h5-10H,15H2,1-4H3. The van der Waals surface area contributed by atoms with Crippen molar-refractivity contribution in [2.75, 3.05) is 0 Å². The zero-order valence-electron chi connectivity index (χ0n) is 11.4. The van der Waals surface area contributed by atoms with E-state index in [0.717, 1.165) is 11.4 Å². The van der Waals surface area contributed by atoms with Crippen molar-refractivity contribution < 1.29 is 0 Å². The third-order valence-electron chi connectivity index (χ3n) is 2.98. The van der Waals surface area contributed by atoms with Gasteiger partial charge in [-0.2, -0.15) is 0 Å². The molecule has 0 spiro atoms. The number of hydrogen-bond donors (Lipinski definition) is 1. The highest BCUT2D eigenvalue weighted by atomic mass is 15.4. The molecule has 0 atom stereocenters. The van der Waals surface area contributed by atoms with Gasteiger partial charge in [-0.15, -0.1) is 5.10 Å². The smallest absolute Gasteiger partial charge is 0.102 e. The molecule has 2 rings (SSSR count). The molecule has 18 heavy (non-hydrogen) atoms. The predicted molar refractivity (Wildman–Crippen MR) is 72.7 cm³/mol. The van der Waals surface area contributed by atoms with Crippen molar-refractivity contribution in [3.63, 3.8) is 0 Å². The number of benzene rings is 1. The van der Waals surface area contributed by atoms with Gasteiger partial charge >= 0.3 is 0 Å². The van der Waals surface area contributed by atoms with Gasteiger partial charge in [0.1, 0.15) is 5.69 Å². The van der Waals surface area contributed by atoms with E-state index in [2.05, 4.69) is 48.4 Å². The van der Waals surface area contributed by atoms with Gasteiger partial charge < -0.3 is 5.73 Å². The first-order valence-corrected chi connectivity index (χ1v) is 6.20. The maximum Gasteiger partial charge on any atom is 0.102 e. The quantitative estimate of drug-likeness (QED) is 0.902. The zero-order chi connectivity index (χ0) is 13.3. The molecule has 1 aromatic heterocycles. The molecule has 0 radical (unpaired) electrons. The summed E-state index contributed by atoms with van der Waals surface area (Å²) in [6, 6.07) is 8.35. The van der Waals surface area contributed by atoms with Gasteiger partial charge in [-0.3, -0.25) is 0 Å². The van der Waals surface area contributed by atoms with Gasteiger partial charge in [0.25, 0.3) is 0 Å². The van der Waals surface area contributed by atoms with Gasteiger partial charge in [0, 0.05) is 0 Å². The molecular formula is C14H20N4. The molecule has 96 valence electrons. The largest absolute Gasteiger partial charge is 0.320 e. The van der Waals surface area contributed by atoms with E-state index in [1.54, 1.807) is 4.68 Å². The van der Waals surface area contributed by atoms with Crippen LogP contribution in [0.4, 0.5) is 0 Å². The molecule has 1 aromatic carbocycles. The minimum atomic E-state index is -0.462. The SMILES string of the molecule is CC(C)c1ccc(-n2cc(C(C)(C)N)nn2)cc1. The third kappa shape index (κ3) is 2.59. The fourth-order valence-electron chi connectivity index (χ4n) is 1.70. The van der Waals surface area contributed by atoms with E-state index < -0.39 is 5.54 Å². The molecule has 0 aliphatic carbocycles. The monoisotopic (exact) mass is 244 g/mol. The van der Waals surface area contributed by atoms with E-state index in [4.69, 9.17) is 5.73 Å². The molecule has 0 aliphatic rings. The highest BCUT2D eigenvalue weighted by molar-refractivity contribution is 5.35. The molecule has 4 heteroatoms. The number of rotatable bonds is 3. The lowest BCUT2D eigenvalue weighted by atomic mass is 10.0. The van der Waals surface area contributed by atoms with E-state index in [9.17, 15) is 0 Å². The van der Waals surface area contributed by atoms with Crippen LogP contribution >= 0.6 is 0 Å². The van der Waals surface area contributed by atoms with Gasteiger partial charge in [-0.25, -0.2) is 4.68 Å². The van der Waals surface area contributed by atoms with Crippen molar-refractivity contribution >= 4 is 0 Å². The topological polar surface area (TPSA) is 56.7 Å². The van der Waals surface area contributed by atoms with Gasteiger partial charge in [0.05, 0.1) is 17.4 Å². The fourth-order valence-corrected chi connectivity index (χ4v) is 1.70. The molecule has 0 bridgehead atoms. The summed E-state index contributed by atoms with van der Waals surface area (Å²) >= 11 is 0. The van der Waals surface area contributed by atoms with E-state index in [-0.39, 0.29) is 0 Å². The number of nitrogens with two attached hydrogens (primary N) is 1. The van der Waals surface area contributed by atoms with Crippen LogP contribution < -0.4 is 5.73 Å². The maximum absolute atomic E-state index is 6.00. The van der Waals surface area contributed by atoms with Crippen molar-refractivity contribution in [1.82, 2.24) is 15.0 Å². The molecular weight excluding hydrogens is 224 g/mol. The second kappa shape index (κ2) is 4.53. The van der Waals surface area contributed by atoms with Gasteiger partial charge in [0.2, 0.25) is 0 Å². The van der Waals surface area contributed by atoms with E-state index in [1.807, 2.05) is 20.0 Å². The summed E-state index contributed by atoms with van der Waals surface area (Å²) in [4.78, 5) is 0. The molecule has 0 saturated heterocycles. The van der Waals surface area contributed by atoms with Crippen LogP contribution in [0, 0.1) is 0 Å². The molecule has 2 aromatic rings. The normalized spacial score (nSPS) is 12.1. The van der Waals surface area contributed by atoms with Gasteiger partial charge in [0.15, 0.2) is 0 Å². The van der Waals surface area contributed by atoms with Crippen LogP contribution in [0.3, 0.4) is 0 Å². The van der Waals surface area contributed by atoms with Gasteiger partial charge in [-0.05, 0) is 37.5 Å². The molecule has 4 nitrogen and oxygen atoms in total. The lowest BCUT2D eigenvalue weighted by Gasteiger charge is -2.13. The van der Waals surface area contributed by atoms with E-state index in [1.165, 1.54) is 5.56 Å². The average molecular weight is 244 g/mol. The van der Waals surface area contributed by atoms with Crippen LogP contribution in [-0.2, 0) is 5.54 Å². The van der Waals surface area contributed by atoms with Crippen molar-refractivity contribution in [2.45, 2.75) is 39.2 Å². The van der Waals surface area contributed by atoms with E-state index in [0.29, 0.717) is 5.92 Å². The maximum atomic E-state index is 6.00. The minimum Gasteiger partial charge on any atom is -0.320 e. The van der Waals surface area contributed by atoms with Crippen LogP contribution in [0.5, 0.6) is 0 Å². The predicted octanol–water partition coefficient (Wildman–Crippen LogP) is 2.58. The number of nitrogens with zero attached hydrogens (tertiary/aromatic N) is 3. The second-order valence-corrected chi connectivity index (χ2v) is 5.52. The third-order valence-corrected chi connectivity index (χ3v) is 2.98. The summed E-state index contributed by atoms with van der Waals surface area (Å²) in [7, 11) is 0. The van der Waals surface area contributed by atoms with Gasteiger partial charge in [-0.1, -0.05) is 31.2 Å².